The number of H-pyrrole nitrogens is 1. The standard InChI is InChI=1S/C16H17N3O3S/c1-9(2)22-13-5-4-10(6-11(13)8-20)14-12(7-17)15(21)19-16(18-14)23-3/h4-6,9,20H,8H2,1-3H3,(H,18,19,21). The molecule has 0 amide bonds. The number of rotatable bonds is 5. The lowest BCUT2D eigenvalue weighted by atomic mass is 10.0. The molecule has 0 atom stereocenters. The van der Waals surface area contributed by atoms with Gasteiger partial charge < -0.3 is 14.8 Å². The molecule has 2 N–H and O–H groups in total. The molecule has 0 aliphatic carbocycles. The zero-order valence-corrected chi connectivity index (χ0v) is 13.9. The van der Waals surface area contributed by atoms with Crippen LogP contribution in [0.25, 0.3) is 11.3 Å². The predicted octanol–water partition coefficient (Wildman–Crippen LogP) is 2.31. The topological polar surface area (TPSA) is 99.0 Å². The largest absolute Gasteiger partial charge is 0.491 e. The summed E-state index contributed by atoms with van der Waals surface area (Å²) >= 11 is 1.28. The molecule has 0 aliphatic heterocycles. The van der Waals surface area contributed by atoms with E-state index in [4.69, 9.17) is 4.74 Å². The van der Waals surface area contributed by atoms with Crippen molar-refractivity contribution in [1.29, 1.82) is 5.26 Å². The van der Waals surface area contributed by atoms with Gasteiger partial charge in [-0.05, 0) is 38.3 Å². The Bertz CT molecular complexity index is 809. The van der Waals surface area contributed by atoms with Crippen molar-refractivity contribution >= 4 is 11.8 Å². The molecular formula is C16H17N3O3S. The molecule has 1 heterocycles. The Morgan fingerprint density at radius 1 is 1.48 bits per heavy atom. The number of aliphatic hydroxyl groups excluding tert-OH is 1. The van der Waals surface area contributed by atoms with Crippen LogP contribution in [0.1, 0.15) is 25.0 Å². The normalized spacial score (nSPS) is 10.6. The van der Waals surface area contributed by atoms with Crippen LogP contribution in [0.2, 0.25) is 0 Å². The Balaban J connectivity index is 2.61. The smallest absolute Gasteiger partial charge is 0.270 e. The maximum atomic E-state index is 12.0. The monoisotopic (exact) mass is 331 g/mol. The third-order valence-electron chi connectivity index (χ3n) is 3.07. The van der Waals surface area contributed by atoms with Crippen molar-refractivity contribution in [3.8, 4) is 23.1 Å². The first-order valence-electron chi connectivity index (χ1n) is 6.99. The number of nitrogens with zero attached hydrogens (tertiary/aromatic N) is 2. The highest BCUT2D eigenvalue weighted by Gasteiger charge is 2.15. The Morgan fingerprint density at radius 2 is 2.22 bits per heavy atom. The number of aromatic amines is 1. The molecule has 0 spiro atoms. The van der Waals surface area contributed by atoms with Gasteiger partial charge in [0.05, 0.1) is 18.4 Å². The van der Waals surface area contributed by atoms with Gasteiger partial charge in [-0.1, -0.05) is 11.8 Å². The molecule has 0 radical (unpaired) electrons. The number of aromatic nitrogens is 2. The lowest BCUT2D eigenvalue weighted by Gasteiger charge is -2.14. The molecule has 0 fully saturated rings. The molecule has 120 valence electrons. The lowest BCUT2D eigenvalue weighted by molar-refractivity contribution is 0.225. The first kappa shape index (κ1) is 17.1. The lowest BCUT2D eigenvalue weighted by Crippen LogP contribution is -2.14. The van der Waals surface area contributed by atoms with E-state index in [1.165, 1.54) is 11.8 Å². The van der Waals surface area contributed by atoms with Gasteiger partial charge in [-0.3, -0.25) is 4.79 Å². The molecule has 0 saturated carbocycles. The molecule has 6 nitrogen and oxygen atoms in total. The second-order valence-electron chi connectivity index (χ2n) is 5.06. The first-order valence-corrected chi connectivity index (χ1v) is 8.21. The van der Waals surface area contributed by atoms with Crippen LogP contribution in [0.4, 0.5) is 0 Å². The molecule has 0 saturated heterocycles. The van der Waals surface area contributed by atoms with Gasteiger partial charge in [0.1, 0.15) is 17.4 Å². The maximum Gasteiger partial charge on any atom is 0.270 e. The molecule has 7 heteroatoms. The second-order valence-corrected chi connectivity index (χ2v) is 5.85. The van der Waals surface area contributed by atoms with Crippen LogP contribution in [0.15, 0.2) is 28.2 Å². The van der Waals surface area contributed by atoms with E-state index in [1.807, 2.05) is 19.9 Å². The van der Waals surface area contributed by atoms with Crippen LogP contribution < -0.4 is 10.3 Å². The molecular weight excluding hydrogens is 314 g/mol. The van der Waals surface area contributed by atoms with Crippen LogP contribution >= 0.6 is 11.8 Å². The van der Waals surface area contributed by atoms with Gasteiger partial charge in [-0.2, -0.15) is 5.26 Å². The third-order valence-corrected chi connectivity index (χ3v) is 3.65. The highest BCUT2D eigenvalue weighted by molar-refractivity contribution is 7.98. The number of hydrogen-bond donors (Lipinski definition) is 2. The Hall–Kier alpha value is -2.30. The zero-order chi connectivity index (χ0) is 17.0. The number of thioether (sulfide) groups is 1. The van der Waals surface area contributed by atoms with E-state index in [0.29, 0.717) is 27.7 Å². The number of hydrogen-bond acceptors (Lipinski definition) is 6. The quantitative estimate of drug-likeness (QED) is 0.644. The second kappa shape index (κ2) is 7.31. The summed E-state index contributed by atoms with van der Waals surface area (Å²) in [5.41, 5.74) is 0.932. The van der Waals surface area contributed by atoms with E-state index < -0.39 is 5.56 Å². The predicted molar refractivity (Wildman–Crippen MR) is 88.5 cm³/mol. The average molecular weight is 331 g/mol. The average Bonchev–Trinajstić information content (AvgIpc) is 2.53. The fourth-order valence-corrected chi connectivity index (χ4v) is 2.46. The number of benzene rings is 1. The summed E-state index contributed by atoms with van der Waals surface area (Å²) in [5.74, 6) is 0.569. The van der Waals surface area contributed by atoms with Crippen LogP contribution in [-0.4, -0.2) is 27.4 Å². The van der Waals surface area contributed by atoms with Gasteiger partial charge in [0, 0.05) is 11.1 Å². The van der Waals surface area contributed by atoms with Gasteiger partial charge in [0.2, 0.25) is 0 Å². The van der Waals surface area contributed by atoms with E-state index in [2.05, 4.69) is 9.97 Å². The van der Waals surface area contributed by atoms with Crippen molar-refractivity contribution in [2.45, 2.75) is 31.7 Å². The molecule has 0 unspecified atom stereocenters. The van der Waals surface area contributed by atoms with Gasteiger partial charge in [0.25, 0.3) is 5.56 Å². The SMILES string of the molecule is CSc1nc(-c2ccc(OC(C)C)c(CO)c2)c(C#N)c(=O)[nH]1. The maximum absolute atomic E-state index is 12.0. The van der Waals surface area contributed by atoms with E-state index >= 15 is 0 Å². The number of ether oxygens (including phenoxy) is 1. The summed E-state index contributed by atoms with van der Waals surface area (Å²) in [6.07, 6.45) is 1.76. The van der Waals surface area contributed by atoms with Crippen molar-refractivity contribution in [2.24, 2.45) is 0 Å². The van der Waals surface area contributed by atoms with Gasteiger partial charge in [-0.25, -0.2) is 4.98 Å². The Kier molecular flexibility index (Phi) is 5.42. The van der Waals surface area contributed by atoms with Crippen molar-refractivity contribution < 1.29 is 9.84 Å². The zero-order valence-electron chi connectivity index (χ0n) is 13.1. The minimum Gasteiger partial charge on any atom is -0.491 e. The Labute approximate surface area is 138 Å². The fraction of sp³-hybridized carbons (Fsp3) is 0.312. The minimum absolute atomic E-state index is 0.0263. The summed E-state index contributed by atoms with van der Waals surface area (Å²) in [5, 5.41) is 19.2. The summed E-state index contributed by atoms with van der Waals surface area (Å²) < 4.78 is 5.63. The molecule has 2 rings (SSSR count). The number of nitrogens with one attached hydrogen (secondary N) is 1. The first-order chi connectivity index (χ1) is 11.0. The molecule has 1 aromatic carbocycles. The summed E-state index contributed by atoms with van der Waals surface area (Å²) in [6, 6.07) is 7.01. The van der Waals surface area contributed by atoms with E-state index in [1.54, 1.807) is 24.5 Å². The summed E-state index contributed by atoms with van der Waals surface area (Å²) in [7, 11) is 0. The van der Waals surface area contributed by atoms with Crippen LogP contribution in [0.3, 0.4) is 0 Å². The summed E-state index contributed by atoms with van der Waals surface area (Å²) in [4.78, 5) is 18.9. The summed E-state index contributed by atoms with van der Waals surface area (Å²) in [6.45, 7) is 3.58. The minimum atomic E-state index is -0.477. The van der Waals surface area contributed by atoms with E-state index in [-0.39, 0.29) is 18.3 Å². The van der Waals surface area contributed by atoms with Gasteiger partial charge in [0.15, 0.2) is 5.16 Å². The van der Waals surface area contributed by atoms with Crippen LogP contribution in [0, 0.1) is 11.3 Å². The fourth-order valence-electron chi connectivity index (χ4n) is 2.08. The Morgan fingerprint density at radius 3 is 2.78 bits per heavy atom. The van der Waals surface area contributed by atoms with Crippen molar-refractivity contribution in [3.63, 3.8) is 0 Å². The van der Waals surface area contributed by atoms with Crippen LogP contribution in [0.5, 0.6) is 5.75 Å². The highest BCUT2D eigenvalue weighted by atomic mass is 32.2. The van der Waals surface area contributed by atoms with Crippen molar-refractivity contribution in [2.75, 3.05) is 6.26 Å². The highest BCUT2D eigenvalue weighted by Crippen LogP contribution is 2.28. The van der Waals surface area contributed by atoms with Crippen LogP contribution in [-0.2, 0) is 6.61 Å². The van der Waals surface area contributed by atoms with Gasteiger partial charge in [-0.15, -0.1) is 0 Å². The van der Waals surface area contributed by atoms with Crippen molar-refractivity contribution in [3.05, 3.63) is 39.7 Å². The molecule has 0 bridgehead atoms. The third kappa shape index (κ3) is 3.73. The molecule has 23 heavy (non-hydrogen) atoms. The molecule has 1 aromatic heterocycles. The molecule has 0 aliphatic rings. The van der Waals surface area contributed by atoms with Gasteiger partial charge >= 0.3 is 0 Å². The molecule has 2 aromatic rings. The van der Waals surface area contributed by atoms with E-state index in [9.17, 15) is 15.2 Å². The van der Waals surface area contributed by atoms with E-state index in [0.717, 1.165) is 0 Å². The van der Waals surface area contributed by atoms with Crippen molar-refractivity contribution in [1.82, 2.24) is 9.97 Å². The number of aliphatic hydroxyl groups is 1. The number of nitriles is 1.